The summed E-state index contributed by atoms with van der Waals surface area (Å²) in [5.74, 6) is 0. The van der Waals surface area contributed by atoms with Crippen LogP contribution in [0.25, 0.3) is 0 Å². The van der Waals surface area contributed by atoms with Gasteiger partial charge >= 0.3 is 0 Å². The number of hydrogen-bond donors (Lipinski definition) is 2. The van der Waals surface area contributed by atoms with Crippen molar-refractivity contribution in [1.29, 1.82) is 0 Å². The molecule has 2 nitrogen and oxygen atoms in total. The van der Waals surface area contributed by atoms with E-state index in [9.17, 15) is 0 Å². The van der Waals surface area contributed by atoms with Gasteiger partial charge in [0.1, 0.15) is 0 Å². The molecule has 0 aromatic heterocycles. The van der Waals surface area contributed by atoms with Gasteiger partial charge < -0.3 is 10.6 Å². The summed E-state index contributed by atoms with van der Waals surface area (Å²) in [4.78, 5) is 0. The average molecular weight is 292 g/mol. The van der Waals surface area contributed by atoms with E-state index in [4.69, 9.17) is 0 Å². The molecule has 2 aromatic rings. The molecule has 2 atom stereocenters. The van der Waals surface area contributed by atoms with Crippen molar-refractivity contribution in [1.82, 2.24) is 0 Å². The molecular formula is C20H24N2. The van der Waals surface area contributed by atoms with E-state index >= 15 is 0 Å². The molecule has 0 aliphatic carbocycles. The molecule has 0 fully saturated rings. The lowest BCUT2D eigenvalue weighted by Gasteiger charge is -2.37. The highest BCUT2D eigenvalue weighted by molar-refractivity contribution is 5.58. The van der Waals surface area contributed by atoms with Gasteiger partial charge in [0.2, 0.25) is 0 Å². The van der Waals surface area contributed by atoms with Crippen LogP contribution in [0.3, 0.4) is 0 Å². The third-order valence-corrected chi connectivity index (χ3v) is 5.14. The van der Waals surface area contributed by atoms with E-state index in [0.717, 1.165) is 0 Å². The monoisotopic (exact) mass is 292 g/mol. The molecule has 114 valence electrons. The smallest absolute Gasteiger partial charge is 0.0466 e. The van der Waals surface area contributed by atoms with Crippen LogP contribution >= 0.6 is 0 Å². The maximum Gasteiger partial charge on any atom is 0.0466 e. The zero-order valence-corrected chi connectivity index (χ0v) is 13.4. The van der Waals surface area contributed by atoms with E-state index in [-0.39, 0.29) is 0 Å². The lowest BCUT2D eigenvalue weighted by molar-refractivity contribution is 0.501. The lowest BCUT2D eigenvalue weighted by atomic mass is 9.87. The quantitative estimate of drug-likeness (QED) is 0.811. The summed E-state index contributed by atoms with van der Waals surface area (Å²) < 4.78 is 0. The van der Waals surface area contributed by atoms with Gasteiger partial charge in [-0.05, 0) is 62.8 Å². The van der Waals surface area contributed by atoms with Gasteiger partial charge in [-0.3, -0.25) is 0 Å². The van der Waals surface area contributed by atoms with Crippen molar-refractivity contribution in [3.05, 3.63) is 58.7 Å². The van der Waals surface area contributed by atoms with Gasteiger partial charge in [0.05, 0.1) is 0 Å². The van der Waals surface area contributed by atoms with E-state index in [1.807, 2.05) is 0 Å². The molecule has 0 unspecified atom stereocenters. The fourth-order valence-corrected chi connectivity index (χ4v) is 3.91. The predicted molar refractivity (Wildman–Crippen MR) is 93.8 cm³/mol. The third kappa shape index (κ3) is 2.47. The Bertz CT molecular complexity index is 643. The molecule has 0 saturated carbocycles. The van der Waals surface area contributed by atoms with Gasteiger partial charge in [0.15, 0.2) is 0 Å². The lowest BCUT2D eigenvalue weighted by Crippen LogP contribution is -2.43. The third-order valence-electron chi connectivity index (χ3n) is 5.14. The summed E-state index contributed by atoms with van der Waals surface area (Å²) in [7, 11) is 0. The molecule has 2 aromatic carbocycles. The summed E-state index contributed by atoms with van der Waals surface area (Å²) in [6.45, 7) is 4.35. The molecule has 0 spiro atoms. The minimum Gasteiger partial charge on any atom is -0.380 e. The minimum absolute atomic E-state index is 0.532. The molecule has 0 saturated heterocycles. The van der Waals surface area contributed by atoms with E-state index < -0.39 is 0 Å². The van der Waals surface area contributed by atoms with Crippen molar-refractivity contribution in [2.45, 2.75) is 51.6 Å². The minimum atomic E-state index is 0.532. The summed E-state index contributed by atoms with van der Waals surface area (Å²) in [5, 5.41) is 7.55. The topological polar surface area (TPSA) is 24.1 Å². The Kier molecular flexibility index (Phi) is 3.33. The summed E-state index contributed by atoms with van der Waals surface area (Å²) in [6.07, 6.45) is 4.81. The Balaban J connectivity index is 1.52. The number of nitrogens with one attached hydrogen (secondary N) is 2. The van der Waals surface area contributed by atoms with Gasteiger partial charge in [-0.1, -0.05) is 35.4 Å². The largest absolute Gasteiger partial charge is 0.380 e. The fraction of sp³-hybridized carbons (Fsp3) is 0.400. The van der Waals surface area contributed by atoms with E-state index in [2.05, 4.69) is 60.9 Å². The molecule has 4 rings (SSSR count). The van der Waals surface area contributed by atoms with Gasteiger partial charge in [0, 0.05) is 23.5 Å². The fourth-order valence-electron chi connectivity index (χ4n) is 3.91. The van der Waals surface area contributed by atoms with Gasteiger partial charge in [0.25, 0.3) is 0 Å². The number of rotatable bonds is 1. The average Bonchev–Trinajstić information content (AvgIpc) is 2.54. The van der Waals surface area contributed by atoms with Gasteiger partial charge in [-0.15, -0.1) is 0 Å². The molecule has 2 aliphatic rings. The predicted octanol–water partition coefficient (Wildman–Crippen LogP) is 4.46. The van der Waals surface area contributed by atoms with E-state index in [1.165, 1.54) is 59.3 Å². The molecule has 22 heavy (non-hydrogen) atoms. The van der Waals surface area contributed by atoms with Crippen LogP contribution in [0.15, 0.2) is 36.4 Å². The van der Waals surface area contributed by atoms with Crippen LogP contribution in [-0.2, 0) is 12.8 Å². The van der Waals surface area contributed by atoms with Gasteiger partial charge in [-0.2, -0.15) is 0 Å². The van der Waals surface area contributed by atoms with Crippen molar-refractivity contribution in [2.24, 2.45) is 0 Å². The first-order valence-electron chi connectivity index (χ1n) is 8.41. The second-order valence-electron chi connectivity index (χ2n) is 6.90. The Labute approximate surface area is 132 Å². The number of hydrogen-bond acceptors (Lipinski definition) is 2. The standard InChI is InChI=1S/C20H24N2/c1-13-3-7-17-15(11-13)5-9-19(21-17)20-10-6-16-12-14(2)4-8-18(16)22-20/h3-4,7-8,11-12,19-22H,5-6,9-10H2,1-2H3/t19-,20-/m0/s1. The van der Waals surface area contributed by atoms with Crippen LogP contribution < -0.4 is 10.6 Å². The highest BCUT2D eigenvalue weighted by Crippen LogP contribution is 2.32. The van der Waals surface area contributed by atoms with Crippen LogP contribution in [0.4, 0.5) is 11.4 Å². The van der Waals surface area contributed by atoms with Crippen molar-refractivity contribution >= 4 is 11.4 Å². The van der Waals surface area contributed by atoms with E-state index in [1.54, 1.807) is 0 Å². The first-order valence-corrected chi connectivity index (χ1v) is 8.41. The number of anilines is 2. The Morgan fingerprint density at radius 2 is 1.18 bits per heavy atom. The molecule has 2 N–H and O–H groups in total. The molecule has 0 amide bonds. The first-order chi connectivity index (χ1) is 10.7. The van der Waals surface area contributed by atoms with Crippen LogP contribution in [0.1, 0.15) is 35.1 Å². The Hall–Kier alpha value is -1.96. The summed E-state index contributed by atoms with van der Waals surface area (Å²) in [6, 6.07) is 14.6. The Morgan fingerprint density at radius 3 is 1.64 bits per heavy atom. The highest BCUT2D eigenvalue weighted by atomic mass is 15.0. The number of benzene rings is 2. The molecule has 0 radical (unpaired) electrons. The highest BCUT2D eigenvalue weighted by Gasteiger charge is 2.28. The van der Waals surface area contributed by atoms with Crippen molar-refractivity contribution in [2.75, 3.05) is 10.6 Å². The molecule has 0 bridgehead atoms. The van der Waals surface area contributed by atoms with Crippen LogP contribution in [0, 0.1) is 13.8 Å². The number of fused-ring (bicyclic) bond motifs is 2. The Morgan fingerprint density at radius 1 is 0.727 bits per heavy atom. The maximum atomic E-state index is 3.77. The zero-order valence-electron chi connectivity index (χ0n) is 13.4. The van der Waals surface area contributed by atoms with Crippen molar-refractivity contribution in [3.63, 3.8) is 0 Å². The molecule has 2 heterocycles. The molecule has 2 heteroatoms. The second-order valence-corrected chi connectivity index (χ2v) is 6.90. The van der Waals surface area contributed by atoms with Crippen LogP contribution in [0.5, 0.6) is 0 Å². The number of aryl methyl sites for hydroxylation is 4. The molecule has 2 aliphatic heterocycles. The van der Waals surface area contributed by atoms with E-state index in [0.29, 0.717) is 12.1 Å². The zero-order chi connectivity index (χ0) is 15.1. The second kappa shape index (κ2) is 5.35. The SMILES string of the molecule is Cc1ccc2c(c1)CC[C@@H]([C@@H]1CCc3cc(C)ccc3N1)N2. The summed E-state index contributed by atoms with van der Waals surface area (Å²) >= 11 is 0. The first kappa shape index (κ1) is 13.7. The molecular weight excluding hydrogens is 268 g/mol. The van der Waals surface area contributed by atoms with Gasteiger partial charge in [-0.25, -0.2) is 0 Å². The van der Waals surface area contributed by atoms with Crippen LogP contribution in [-0.4, -0.2) is 12.1 Å². The van der Waals surface area contributed by atoms with Crippen molar-refractivity contribution in [3.8, 4) is 0 Å². The van der Waals surface area contributed by atoms with Crippen molar-refractivity contribution < 1.29 is 0 Å². The maximum absolute atomic E-state index is 3.77. The summed E-state index contributed by atoms with van der Waals surface area (Å²) in [5.41, 5.74) is 8.33. The van der Waals surface area contributed by atoms with Crippen LogP contribution in [0.2, 0.25) is 0 Å². The normalized spacial score (nSPS) is 23.0.